The van der Waals surface area contributed by atoms with E-state index in [-0.39, 0.29) is 0 Å². The van der Waals surface area contributed by atoms with E-state index in [1.165, 1.54) is 0 Å². The molecule has 0 saturated heterocycles. The molecule has 5 heteroatoms. The van der Waals surface area contributed by atoms with Crippen LogP contribution in [0.4, 0.5) is 11.5 Å². The molecular formula is C12H22N4O. The number of aromatic nitrogens is 2. The summed E-state index contributed by atoms with van der Waals surface area (Å²) in [6.07, 6.45) is 4.06. The number of rotatable bonds is 7. The Hall–Kier alpha value is -1.52. The van der Waals surface area contributed by atoms with Gasteiger partial charge in [0.15, 0.2) is 5.82 Å². The fourth-order valence-corrected chi connectivity index (χ4v) is 1.50. The highest BCUT2D eigenvalue weighted by molar-refractivity contribution is 5.66. The van der Waals surface area contributed by atoms with Crippen LogP contribution < -0.4 is 15.8 Å². The maximum atomic E-state index is 5.93. The predicted octanol–water partition coefficient (Wildman–Crippen LogP) is 2.23. The Morgan fingerprint density at radius 3 is 2.59 bits per heavy atom. The zero-order valence-electron chi connectivity index (χ0n) is 10.9. The van der Waals surface area contributed by atoms with E-state index in [2.05, 4.69) is 29.1 Å². The van der Waals surface area contributed by atoms with Crippen molar-refractivity contribution >= 4 is 11.5 Å². The van der Waals surface area contributed by atoms with E-state index in [9.17, 15) is 0 Å². The molecule has 0 aliphatic rings. The molecular weight excluding hydrogens is 216 g/mol. The van der Waals surface area contributed by atoms with Gasteiger partial charge in [0, 0.05) is 13.0 Å². The molecule has 1 heterocycles. The zero-order chi connectivity index (χ0) is 12.7. The zero-order valence-corrected chi connectivity index (χ0v) is 10.9. The maximum absolute atomic E-state index is 5.93. The monoisotopic (exact) mass is 238 g/mol. The summed E-state index contributed by atoms with van der Waals surface area (Å²) < 4.78 is 5.16. The molecule has 0 aliphatic carbocycles. The van der Waals surface area contributed by atoms with Crippen LogP contribution in [0.1, 0.15) is 38.9 Å². The van der Waals surface area contributed by atoms with Crippen molar-refractivity contribution in [3.8, 4) is 5.88 Å². The predicted molar refractivity (Wildman–Crippen MR) is 70.4 cm³/mol. The molecule has 1 rings (SSSR count). The third kappa shape index (κ3) is 3.76. The number of hydrogen-bond acceptors (Lipinski definition) is 5. The van der Waals surface area contributed by atoms with Crippen molar-refractivity contribution in [3.05, 3.63) is 5.82 Å². The van der Waals surface area contributed by atoms with Gasteiger partial charge in [-0.05, 0) is 12.8 Å². The molecule has 0 amide bonds. The Balaban J connectivity index is 2.88. The Labute approximate surface area is 103 Å². The summed E-state index contributed by atoms with van der Waals surface area (Å²) in [5.74, 6) is 1.92. The van der Waals surface area contributed by atoms with Crippen molar-refractivity contribution in [1.29, 1.82) is 0 Å². The molecule has 3 N–H and O–H groups in total. The lowest BCUT2D eigenvalue weighted by Crippen LogP contribution is -2.10. The number of nitrogens with zero attached hydrogens (tertiary/aromatic N) is 2. The van der Waals surface area contributed by atoms with E-state index in [0.717, 1.165) is 38.1 Å². The summed E-state index contributed by atoms with van der Waals surface area (Å²) >= 11 is 0. The average Bonchev–Trinajstić information content (AvgIpc) is 2.33. The summed E-state index contributed by atoms with van der Waals surface area (Å²) in [6.45, 7) is 5.11. The second-order valence-electron chi connectivity index (χ2n) is 3.94. The SMILES string of the molecule is CCCCNc1nc(CCC)nc(OC)c1N. The Morgan fingerprint density at radius 1 is 1.24 bits per heavy atom. The number of nitrogens with two attached hydrogens (primary N) is 1. The molecule has 1 aromatic heterocycles. The van der Waals surface area contributed by atoms with Crippen LogP contribution in [0.5, 0.6) is 5.88 Å². The van der Waals surface area contributed by atoms with Crippen LogP contribution in [-0.4, -0.2) is 23.6 Å². The van der Waals surface area contributed by atoms with E-state index >= 15 is 0 Å². The van der Waals surface area contributed by atoms with Gasteiger partial charge in [-0.2, -0.15) is 4.98 Å². The second-order valence-corrected chi connectivity index (χ2v) is 3.94. The fourth-order valence-electron chi connectivity index (χ4n) is 1.50. The summed E-state index contributed by atoms with van der Waals surface area (Å²) in [6, 6.07) is 0. The maximum Gasteiger partial charge on any atom is 0.242 e. The van der Waals surface area contributed by atoms with Gasteiger partial charge >= 0.3 is 0 Å². The molecule has 0 saturated carbocycles. The van der Waals surface area contributed by atoms with Gasteiger partial charge in [0.2, 0.25) is 5.88 Å². The lowest BCUT2D eigenvalue weighted by molar-refractivity contribution is 0.397. The minimum atomic E-state index is 0.461. The minimum Gasteiger partial charge on any atom is -0.479 e. The first-order valence-electron chi connectivity index (χ1n) is 6.17. The topological polar surface area (TPSA) is 73.1 Å². The fraction of sp³-hybridized carbons (Fsp3) is 0.667. The number of nitrogens with one attached hydrogen (secondary N) is 1. The molecule has 5 nitrogen and oxygen atoms in total. The molecule has 17 heavy (non-hydrogen) atoms. The third-order valence-electron chi connectivity index (χ3n) is 2.45. The van der Waals surface area contributed by atoms with Crippen LogP contribution in [0, 0.1) is 0 Å². The van der Waals surface area contributed by atoms with Crippen LogP contribution in [0.3, 0.4) is 0 Å². The molecule has 96 valence electrons. The van der Waals surface area contributed by atoms with Crippen molar-refractivity contribution in [2.45, 2.75) is 39.5 Å². The number of methoxy groups -OCH3 is 1. The highest BCUT2D eigenvalue weighted by atomic mass is 16.5. The number of anilines is 2. The average molecular weight is 238 g/mol. The first-order valence-corrected chi connectivity index (χ1v) is 6.17. The second kappa shape index (κ2) is 6.93. The highest BCUT2D eigenvalue weighted by Crippen LogP contribution is 2.25. The molecule has 0 spiro atoms. The quantitative estimate of drug-likeness (QED) is 0.713. The van der Waals surface area contributed by atoms with Crippen molar-refractivity contribution in [2.75, 3.05) is 24.7 Å². The number of unbranched alkanes of at least 4 members (excludes halogenated alkanes) is 1. The third-order valence-corrected chi connectivity index (χ3v) is 2.45. The van der Waals surface area contributed by atoms with Crippen LogP contribution in [0.15, 0.2) is 0 Å². The summed E-state index contributed by atoms with van der Waals surface area (Å²) in [5.41, 5.74) is 6.42. The van der Waals surface area contributed by atoms with E-state index in [0.29, 0.717) is 17.4 Å². The number of nitrogen functional groups attached to an aromatic ring is 1. The van der Waals surface area contributed by atoms with Crippen LogP contribution >= 0.6 is 0 Å². The number of hydrogen-bond donors (Lipinski definition) is 2. The summed E-state index contributed by atoms with van der Waals surface area (Å²) in [5, 5.41) is 3.23. The largest absolute Gasteiger partial charge is 0.479 e. The van der Waals surface area contributed by atoms with Crippen LogP contribution in [0.25, 0.3) is 0 Å². The Kier molecular flexibility index (Phi) is 5.52. The van der Waals surface area contributed by atoms with Gasteiger partial charge in [0.1, 0.15) is 11.5 Å². The summed E-state index contributed by atoms with van der Waals surface area (Å²) in [4.78, 5) is 8.69. The van der Waals surface area contributed by atoms with Crippen LogP contribution in [-0.2, 0) is 6.42 Å². The van der Waals surface area contributed by atoms with E-state index in [4.69, 9.17) is 10.5 Å². The summed E-state index contributed by atoms with van der Waals surface area (Å²) in [7, 11) is 1.57. The molecule has 1 aromatic rings. The van der Waals surface area contributed by atoms with Crippen molar-refractivity contribution in [2.24, 2.45) is 0 Å². The van der Waals surface area contributed by atoms with Crippen LogP contribution in [0.2, 0.25) is 0 Å². The molecule has 0 radical (unpaired) electrons. The highest BCUT2D eigenvalue weighted by Gasteiger charge is 2.11. The van der Waals surface area contributed by atoms with Gasteiger partial charge < -0.3 is 15.8 Å². The van der Waals surface area contributed by atoms with Gasteiger partial charge in [-0.15, -0.1) is 0 Å². The first-order chi connectivity index (χ1) is 8.22. The molecule has 0 unspecified atom stereocenters. The number of aryl methyl sites for hydroxylation is 1. The van der Waals surface area contributed by atoms with Gasteiger partial charge in [-0.1, -0.05) is 20.3 Å². The van der Waals surface area contributed by atoms with E-state index < -0.39 is 0 Å². The molecule has 0 aromatic carbocycles. The van der Waals surface area contributed by atoms with Crippen molar-refractivity contribution in [1.82, 2.24) is 9.97 Å². The van der Waals surface area contributed by atoms with Gasteiger partial charge in [-0.25, -0.2) is 4.98 Å². The number of ether oxygens (including phenoxy) is 1. The molecule has 0 atom stereocenters. The Bertz CT molecular complexity index is 355. The molecule has 0 fully saturated rings. The minimum absolute atomic E-state index is 0.461. The van der Waals surface area contributed by atoms with Crippen molar-refractivity contribution in [3.63, 3.8) is 0 Å². The van der Waals surface area contributed by atoms with Gasteiger partial charge in [0.05, 0.1) is 7.11 Å². The van der Waals surface area contributed by atoms with Gasteiger partial charge in [-0.3, -0.25) is 0 Å². The first kappa shape index (κ1) is 13.5. The lowest BCUT2D eigenvalue weighted by Gasteiger charge is -2.12. The Morgan fingerprint density at radius 2 is 2.00 bits per heavy atom. The normalized spacial score (nSPS) is 10.3. The molecule has 0 aliphatic heterocycles. The lowest BCUT2D eigenvalue weighted by atomic mass is 10.3. The molecule has 0 bridgehead atoms. The van der Waals surface area contributed by atoms with E-state index in [1.807, 2.05) is 0 Å². The van der Waals surface area contributed by atoms with Crippen molar-refractivity contribution < 1.29 is 4.74 Å². The standard InChI is InChI=1S/C12H22N4O/c1-4-6-8-14-11-10(13)12(17-3)16-9(15-11)7-5-2/h4-8,13H2,1-3H3,(H,14,15,16). The smallest absolute Gasteiger partial charge is 0.242 e. The van der Waals surface area contributed by atoms with Gasteiger partial charge in [0.25, 0.3) is 0 Å². The van der Waals surface area contributed by atoms with E-state index in [1.54, 1.807) is 7.11 Å².